The zero-order chi connectivity index (χ0) is 28.7. The molecule has 4 heterocycles. The fourth-order valence-electron chi connectivity index (χ4n) is 5.22. The fraction of sp³-hybridized carbons (Fsp3) is 0.267. The smallest absolute Gasteiger partial charge is 0.274 e. The third-order valence-corrected chi connectivity index (χ3v) is 8.20. The molecule has 2 aromatic carbocycles. The van der Waals surface area contributed by atoms with Crippen molar-refractivity contribution in [2.75, 3.05) is 25.5 Å². The molecule has 2 aliphatic rings. The number of carbonyl (C=O) groups is 1. The number of ether oxygens (including phenoxy) is 1. The molecule has 0 spiro atoms. The van der Waals surface area contributed by atoms with E-state index in [4.69, 9.17) is 27.9 Å². The quantitative estimate of drug-likeness (QED) is 0.280. The van der Waals surface area contributed by atoms with Gasteiger partial charge in [0.15, 0.2) is 0 Å². The third-order valence-electron chi connectivity index (χ3n) is 7.39. The molecule has 0 aliphatic carbocycles. The molecular weight excluding hydrogens is 563 g/mol. The Morgan fingerprint density at radius 1 is 1.10 bits per heavy atom. The normalized spacial score (nSPS) is 15.0. The van der Waals surface area contributed by atoms with Crippen molar-refractivity contribution in [3.8, 4) is 28.3 Å². The molecule has 0 saturated carbocycles. The first-order chi connectivity index (χ1) is 19.8. The highest BCUT2D eigenvalue weighted by molar-refractivity contribution is 6.39. The molecule has 3 N–H and O–H groups in total. The average Bonchev–Trinajstić information content (AvgIpc) is 3.43. The largest absolute Gasteiger partial charge is 0.480 e. The molecular formula is C30H28Cl2N6O3. The Labute approximate surface area is 247 Å². The maximum Gasteiger partial charge on any atom is 0.274 e. The SMILES string of the molecule is COc1nc(-c2cccc(-c3cccc(NC(=O)c4cc(C)c5c(n4)CNC5)c3Cl)c2Cl)cnc1CN1CC(O)C1. The Bertz CT molecular complexity index is 1660. The van der Waals surface area contributed by atoms with Gasteiger partial charge in [0.25, 0.3) is 5.91 Å². The van der Waals surface area contributed by atoms with Crippen LogP contribution in [0, 0.1) is 6.92 Å². The molecule has 6 rings (SSSR count). The Morgan fingerprint density at radius 3 is 2.59 bits per heavy atom. The van der Waals surface area contributed by atoms with Crippen LogP contribution < -0.4 is 15.4 Å². The highest BCUT2D eigenvalue weighted by Gasteiger charge is 2.26. The number of fused-ring (bicyclic) bond motifs is 1. The molecule has 2 aliphatic heterocycles. The van der Waals surface area contributed by atoms with E-state index in [0.29, 0.717) is 81.6 Å². The number of pyridine rings is 1. The molecule has 0 unspecified atom stereocenters. The summed E-state index contributed by atoms with van der Waals surface area (Å²) in [5, 5.41) is 16.6. The van der Waals surface area contributed by atoms with E-state index in [1.165, 1.54) is 0 Å². The standard InChI is InChI=1S/C30H28Cl2N6O3/c1-16-9-23(35-24-11-33-10-21(16)24)29(40)36-22-8-4-6-19(28(22)32)18-5-3-7-20(27(18)31)25-12-34-26(30(37-25)41-2)15-38-13-17(39)14-38/h3-9,12,17,33,39H,10-11,13-15H2,1-2H3,(H,36,40). The molecule has 1 fully saturated rings. The number of aliphatic hydroxyl groups excluding tert-OH is 1. The summed E-state index contributed by atoms with van der Waals surface area (Å²) in [6.45, 7) is 5.12. The van der Waals surface area contributed by atoms with Crippen molar-refractivity contribution < 1.29 is 14.6 Å². The Balaban J connectivity index is 1.28. The number of amides is 1. The van der Waals surface area contributed by atoms with E-state index >= 15 is 0 Å². The molecule has 0 radical (unpaired) electrons. The number of aromatic nitrogens is 3. The van der Waals surface area contributed by atoms with Gasteiger partial charge in [-0.25, -0.2) is 9.97 Å². The molecule has 210 valence electrons. The van der Waals surface area contributed by atoms with Crippen LogP contribution in [-0.2, 0) is 19.6 Å². The summed E-state index contributed by atoms with van der Waals surface area (Å²) in [6.07, 6.45) is 1.36. The van der Waals surface area contributed by atoms with E-state index in [1.807, 2.05) is 37.3 Å². The van der Waals surface area contributed by atoms with Gasteiger partial charge in [0.05, 0.1) is 46.5 Å². The van der Waals surface area contributed by atoms with E-state index in [0.717, 1.165) is 23.4 Å². The van der Waals surface area contributed by atoms with Crippen molar-refractivity contribution in [2.24, 2.45) is 0 Å². The van der Waals surface area contributed by atoms with Crippen molar-refractivity contribution >= 4 is 34.8 Å². The number of halogens is 2. The van der Waals surface area contributed by atoms with Crippen LogP contribution in [0.3, 0.4) is 0 Å². The number of β-amino-alcohol motifs (C(OH)–C–C–N with tert-alkyl or cyclic N) is 1. The van der Waals surface area contributed by atoms with Crippen molar-refractivity contribution in [1.29, 1.82) is 0 Å². The van der Waals surface area contributed by atoms with Gasteiger partial charge < -0.3 is 20.5 Å². The monoisotopic (exact) mass is 590 g/mol. The van der Waals surface area contributed by atoms with Gasteiger partial charge in [-0.1, -0.05) is 53.5 Å². The second-order valence-electron chi connectivity index (χ2n) is 10.2. The number of carbonyl (C=O) groups excluding carboxylic acids is 1. The molecule has 41 heavy (non-hydrogen) atoms. The summed E-state index contributed by atoms with van der Waals surface area (Å²) in [5.74, 6) is 0.0659. The van der Waals surface area contributed by atoms with Crippen LogP contribution in [0.4, 0.5) is 5.69 Å². The van der Waals surface area contributed by atoms with Crippen molar-refractivity contribution in [3.05, 3.63) is 86.9 Å². The first-order valence-corrected chi connectivity index (χ1v) is 14.0. The van der Waals surface area contributed by atoms with Crippen LogP contribution in [0.15, 0.2) is 48.7 Å². The van der Waals surface area contributed by atoms with Gasteiger partial charge in [-0.2, -0.15) is 0 Å². The van der Waals surface area contributed by atoms with Gasteiger partial charge in [0.2, 0.25) is 5.88 Å². The highest BCUT2D eigenvalue weighted by Crippen LogP contribution is 2.41. The first kappa shape index (κ1) is 27.6. The number of likely N-dealkylation sites (tertiary alicyclic amines) is 1. The predicted molar refractivity (Wildman–Crippen MR) is 158 cm³/mol. The lowest BCUT2D eigenvalue weighted by molar-refractivity contribution is -0.00403. The minimum absolute atomic E-state index is 0.300. The van der Waals surface area contributed by atoms with E-state index in [-0.39, 0.29) is 12.0 Å². The van der Waals surface area contributed by atoms with E-state index in [2.05, 4.69) is 30.5 Å². The molecule has 0 atom stereocenters. The summed E-state index contributed by atoms with van der Waals surface area (Å²) in [4.78, 5) is 29.0. The number of benzene rings is 2. The lowest BCUT2D eigenvalue weighted by Crippen LogP contribution is -2.50. The molecule has 0 bridgehead atoms. The van der Waals surface area contributed by atoms with E-state index < -0.39 is 0 Å². The van der Waals surface area contributed by atoms with Crippen molar-refractivity contribution in [2.45, 2.75) is 32.7 Å². The zero-order valence-corrected chi connectivity index (χ0v) is 24.1. The van der Waals surface area contributed by atoms with Crippen LogP contribution in [0.25, 0.3) is 22.4 Å². The molecule has 2 aromatic heterocycles. The summed E-state index contributed by atoms with van der Waals surface area (Å²) < 4.78 is 5.52. The van der Waals surface area contributed by atoms with E-state index in [1.54, 1.807) is 25.4 Å². The average molecular weight is 591 g/mol. The molecule has 4 aromatic rings. The van der Waals surface area contributed by atoms with Gasteiger partial charge in [-0.05, 0) is 30.2 Å². The first-order valence-electron chi connectivity index (χ1n) is 13.2. The number of hydrogen-bond donors (Lipinski definition) is 3. The maximum atomic E-state index is 13.1. The number of anilines is 1. The van der Waals surface area contributed by atoms with Crippen molar-refractivity contribution in [1.82, 2.24) is 25.2 Å². The van der Waals surface area contributed by atoms with Crippen LogP contribution in [-0.4, -0.2) is 57.2 Å². The second-order valence-corrected chi connectivity index (χ2v) is 11.0. The molecule has 1 amide bonds. The zero-order valence-electron chi connectivity index (χ0n) is 22.5. The highest BCUT2D eigenvalue weighted by atomic mass is 35.5. The topological polar surface area (TPSA) is 112 Å². The number of rotatable bonds is 7. The third kappa shape index (κ3) is 5.39. The fourth-order valence-corrected chi connectivity index (χ4v) is 5.82. The number of methoxy groups -OCH3 is 1. The number of aryl methyl sites for hydroxylation is 1. The van der Waals surface area contributed by atoms with Gasteiger partial charge in [0, 0.05) is 49.4 Å². The number of nitrogens with zero attached hydrogens (tertiary/aromatic N) is 4. The number of hydrogen-bond acceptors (Lipinski definition) is 8. The lowest BCUT2D eigenvalue weighted by atomic mass is 10.0. The minimum Gasteiger partial charge on any atom is -0.480 e. The molecule has 9 nitrogen and oxygen atoms in total. The lowest BCUT2D eigenvalue weighted by Gasteiger charge is -2.35. The van der Waals surface area contributed by atoms with Gasteiger partial charge >= 0.3 is 0 Å². The van der Waals surface area contributed by atoms with Crippen LogP contribution >= 0.6 is 23.2 Å². The van der Waals surface area contributed by atoms with Crippen LogP contribution in [0.1, 0.15) is 33.0 Å². The molecule has 11 heteroatoms. The Morgan fingerprint density at radius 2 is 1.83 bits per heavy atom. The van der Waals surface area contributed by atoms with Crippen LogP contribution in [0.2, 0.25) is 10.0 Å². The van der Waals surface area contributed by atoms with Gasteiger partial charge in [-0.3, -0.25) is 14.7 Å². The van der Waals surface area contributed by atoms with Crippen LogP contribution in [0.5, 0.6) is 5.88 Å². The van der Waals surface area contributed by atoms with Gasteiger partial charge in [-0.15, -0.1) is 0 Å². The predicted octanol–water partition coefficient (Wildman–Crippen LogP) is 4.86. The summed E-state index contributed by atoms with van der Waals surface area (Å²) >= 11 is 13.8. The summed E-state index contributed by atoms with van der Waals surface area (Å²) in [5.41, 5.74) is 7.10. The number of aliphatic hydroxyl groups is 1. The second kappa shape index (κ2) is 11.3. The Hall–Kier alpha value is -3.60. The summed E-state index contributed by atoms with van der Waals surface area (Å²) in [7, 11) is 1.55. The molecule has 1 saturated heterocycles. The van der Waals surface area contributed by atoms with E-state index in [9.17, 15) is 9.90 Å². The maximum absolute atomic E-state index is 13.1. The minimum atomic E-state index is -0.336. The number of nitrogens with one attached hydrogen (secondary N) is 2. The Kier molecular flexibility index (Phi) is 7.63. The summed E-state index contributed by atoms with van der Waals surface area (Å²) in [6, 6.07) is 12.8. The van der Waals surface area contributed by atoms with Gasteiger partial charge in [0.1, 0.15) is 11.4 Å². The van der Waals surface area contributed by atoms with Crippen molar-refractivity contribution in [3.63, 3.8) is 0 Å².